The fraction of sp³-hybridized carbons (Fsp3) is 0.333. The summed E-state index contributed by atoms with van der Waals surface area (Å²) in [6.45, 7) is 12.5. The van der Waals surface area contributed by atoms with E-state index in [9.17, 15) is 4.79 Å². The molecule has 5 nitrogen and oxygen atoms in total. The van der Waals surface area contributed by atoms with Crippen LogP contribution >= 0.6 is 0 Å². The molecule has 3 aromatic rings. The number of hydrogen-bond donors (Lipinski definition) is 1. The molecule has 0 atom stereocenters. The van der Waals surface area contributed by atoms with E-state index in [1.54, 1.807) is 10.6 Å². The van der Waals surface area contributed by atoms with E-state index in [0.29, 0.717) is 13.1 Å². The average molecular weight is 350 g/mol. The summed E-state index contributed by atoms with van der Waals surface area (Å²) in [7, 11) is 0. The zero-order valence-electron chi connectivity index (χ0n) is 15.7. The number of rotatable bonds is 7. The first-order valence-corrected chi connectivity index (χ1v) is 8.95. The molecular formula is C21H26N4O. The number of nitrogens with one attached hydrogen (secondary N) is 1. The van der Waals surface area contributed by atoms with Crippen LogP contribution in [0.2, 0.25) is 0 Å². The molecule has 0 saturated carbocycles. The molecule has 3 rings (SSSR count). The molecule has 136 valence electrons. The Hall–Kier alpha value is -2.66. The first kappa shape index (κ1) is 18.1. The minimum Gasteiger partial charge on any atom is -0.311 e. The Labute approximate surface area is 154 Å². The van der Waals surface area contributed by atoms with Crippen LogP contribution in [0.1, 0.15) is 22.5 Å². The van der Waals surface area contributed by atoms with Gasteiger partial charge in [-0.2, -0.15) is 5.10 Å². The van der Waals surface area contributed by atoms with E-state index < -0.39 is 0 Å². The van der Waals surface area contributed by atoms with Gasteiger partial charge in [-0.05, 0) is 50.4 Å². The van der Waals surface area contributed by atoms with Gasteiger partial charge in [0.15, 0.2) is 0 Å². The summed E-state index contributed by atoms with van der Waals surface area (Å²) in [5.41, 5.74) is 5.13. The van der Waals surface area contributed by atoms with E-state index >= 15 is 0 Å². The molecule has 0 unspecified atom stereocenters. The van der Waals surface area contributed by atoms with Crippen LogP contribution in [0.4, 0.5) is 0 Å². The molecule has 0 aliphatic heterocycles. The van der Waals surface area contributed by atoms with E-state index in [2.05, 4.69) is 43.0 Å². The summed E-state index contributed by atoms with van der Waals surface area (Å²) in [4.78, 5) is 12.8. The Kier molecular flexibility index (Phi) is 5.38. The normalized spacial score (nSPS) is 11.2. The topological polar surface area (TPSA) is 51.9 Å². The van der Waals surface area contributed by atoms with E-state index in [1.807, 2.05) is 29.8 Å². The summed E-state index contributed by atoms with van der Waals surface area (Å²) < 4.78 is 3.78. The van der Waals surface area contributed by atoms with Crippen LogP contribution < -0.4 is 10.9 Å². The van der Waals surface area contributed by atoms with Gasteiger partial charge in [-0.1, -0.05) is 17.7 Å². The Morgan fingerprint density at radius 2 is 2.00 bits per heavy atom. The Morgan fingerprint density at radius 1 is 1.19 bits per heavy atom. The van der Waals surface area contributed by atoms with Gasteiger partial charge in [0.05, 0.1) is 17.8 Å². The summed E-state index contributed by atoms with van der Waals surface area (Å²) in [5.74, 6) is 0. The number of allylic oxidation sites excluding steroid dienone is 1. The lowest BCUT2D eigenvalue weighted by Crippen LogP contribution is -2.29. The maximum atomic E-state index is 12.8. The van der Waals surface area contributed by atoms with Crippen molar-refractivity contribution in [2.75, 3.05) is 6.54 Å². The highest BCUT2D eigenvalue weighted by molar-refractivity contribution is 5.80. The lowest BCUT2D eigenvalue weighted by Gasteiger charge is -2.13. The number of aryl methyl sites for hydroxylation is 3. The Balaban J connectivity index is 1.78. The van der Waals surface area contributed by atoms with Crippen molar-refractivity contribution in [2.45, 2.75) is 40.4 Å². The molecule has 0 amide bonds. The maximum absolute atomic E-state index is 12.8. The summed E-state index contributed by atoms with van der Waals surface area (Å²) in [5, 5.41) is 8.92. The number of hydrogen-bond acceptors (Lipinski definition) is 3. The van der Waals surface area contributed by atoms with Gasteiger partial charge in [0.1, 0.15) is 0 Å². The van der Waals surface area contributed by atoms with Gasteiger partial charge in [-0.25, -0.2) is 0 Å². The second kappa shape index (κ2) is 7.70. The molecule has 1 N–H and O–H groups in total. The van der Waals surface area contributed by atoms with Gasteiger partial charge in [0, 0.05) is 30.9 Å². The molecule has 2 heterocycles. The molecule has 0 aliphatic rings. The smallest absolute Gasteiger partial charge is 0.255 e. The molecule has 5 heteroatoms. The third-order valence-corrected chi connectivity index (χ3v) is 4.55. The van der Waals surface area contributed by atoms with Crippen molar-refractivity contribution in [2.24, 2.45) is 0 Å². The SMILES string of the molecule is C=CCn1c(=O)c(CNCCn2nc(C)cc2C)cc2cc(C)ccc21. The molecule has 2 aromatic heterocycles. The van der Waals surface area contributed by atoms with E-state index in [1.165, 1.54) is 5.56 Å². The van der Waals surface area contributed by atoms with Crippen LogP contribution in [0.3, 0.4) is 0 Å². The molecule has 0 aliphatic carbocycles. The molecule has 0 fully saturated rings. The first-order valence-electron chi connectivity index (χ1n) is 8.95. The first-order chi connectivity index (χ1) is 12.5. The van der Waals surface area contributed by atoms with Crippen molar-refractivity contribution in [3.05, 3.63) is 75.9 Å². The predicted octanol–water partition coefficient (Wildman–Crippen LogP) is 3.10. The van der Waals surface area contributed by atoms with Crippen LogP contribution in [-0.2, 0) is 19.6 Å². The van der Waals surface area contributed by atoms with Crippen molar-refractivity contribution in [1.29, 1.82) is 0 Å². The summed E-state index contributed by atoms with van der Waals surface area (Å²) in [6.07, 6.45) is 1.76. The minimum atomic E-state index is 0.0415. The zero-order valence-corrected chi connectivity index (χ0v) is 15.7. The van der Waals surface area contributed by atoms with Gasteiger partial charge in [-0.15, -0.1) is 6.58 Å². The van der Waals surface area contributed by atoms with Gasteiger partial charge in [0.25, 0.3) is 5.56 Å². The van der Waals surface area contributed by atoms with Crippen LogP contribution in [-0.4, -0.2) is 20.9 Å². The molecule has 26 heavy (non-hydrogen) atoms. The standard InChI is InChI=1S/C21H26N4O/c1-5-9-24-20-7-6-15(2)11-18(20)13-19(21(24)26)14-22-8-10-25-17(4)12-16(3)23-25/h5-7,11-13,22H,1,8-10,14H2,2-4H3. The predicted molar refractivity (Wildman–Crippen MR) is 107 cm³/mol. The molecule has 0 bridgehead atoms. The van der Waals surface area contributed by atoms with Crippen LogP contribution in [0.5, 0.6) is 0 Å². The third kappa shape index (κ3) is 3.78. The molecule has 0 spiro atoms. The fourth-order valence-electron chi connectivity index (χ4n) is 3.31. The second-order valence-corrected chi connectivity index (χ2v) is 6.76. The van der Waals surface area contributed by atoms with Crippen LogP contribution in [0.15, 0.2) is 47.8 Å². The fourth-order valence-corrected chi connectivity index (χ4v) is 3.31. The lowest BCUT2D eigenvalue weighted by molar-refractivity contribution is 0.540. The highest BCUT2D eigenvalue weighted by atomic mass is 16.1. The maximum Gasteiger partial charge on any atom is 0.255 e. The van der Waals surface area contributed by atoms with E-state index in [4.69, 9.17) is 0 Å². The van der Waals surface area contributed by atoms with Gasteiger partial charge >= 0.3 is 0 Å². The number of nitrogens with zero attached hydrogens (tertiary/aromatic N) is 3. The molecule has 0 saturated heterocycles. The number of benzene rings is 1. The monoisotopic (exact) mass is 350 g/mol. The Bertz CT molecular complexity index is 997. The summed E-state index contributed by atoms with van der Waals surface area (Å²) >= 11 is 0. The summed E-state index contributed by atoms with van der Waals surface area (Å²) in [6, 6.07) is 10.2. The molecule has 0 radical (unpaired) electrons. The van der Waals surface area contributed by atoms with Crippen molar-refractivity contribution in [3.63, 3.8) is 0 Å². The van der Waals surface area contributed by atoms with Crippen molar-refractivity contribution < 1.29 is 0 Å². The molecular weight excluding hydrogens is 324 g/mol. The Morgan fingerprint density at radius 3 is 2.69 bits per heavy atom. The van der Waals surface area contributed by atoms with E-state index in [0.717, 1.165) is 40.9 Å². The number of fused-ring (bicyclic) bond motifs is 1. The number of aromatic nitrogens is 3. The third-order valence-electron chi connectivity index (χ3n) is 4.55. The zero-order chi connectivity index (χ0) is 18.7. The van der Waals surface area contributed by atoms with Crippen LogP contribution in [0.25, 0.3) is 10.9 Å². The van der Waals surface area contributed by atoms with Crippen molar-refractivity contribution in [3.8, 4) is 0 Å². The van der Waals surface area contributed by atoms with Gasteiger partial charge < -0.3 is 9.88 Å². The second-order valence-electron chi connectivity index (χ2n) is 6.76. The van der Waals surface area contributed by atoms with Crippen molar-refractivity contribution >= 4 is 10.9 Å². The quantitative estimate of drug-likeness (QED) is 0.526. The lowest BCUT2D eigenvalue weighted by atomic mass is 10.1. The van der Waals surface area contributed by atoms with Gasteiger partial charge in [0.2, 0.25) is 0 Å². The molecule has 1 aromatic carbocycles. The minimum absolute atomic E-state index is 0.0415. The average Bonchev–Trinajstić information content (AvgIpc) is 2.92. The highest BCUT2D eigenvalue weighted by Crippen LogP contribution is 2.16. The van der Waals surface area contributed by atoms with Crippen molar-refractivity contribution in [1.82, 2.24) is 19.7 Å². The van der Waals surface area contributed by atoms with E-state index in [-0.39, 0.29) is 5.56 Å². The van der Waals surface area contributed by atoms with Crippen LogP contribution in [0, 0.1) is 20.8 Å². The highest BCUT2D eigenvalue weighted by Gasteiger charge is 2.09. The number of pyridine rings is 1. The van der Waals surface area contributed by atoms with Gasteiger partial charge in [-0.3, -0.25) is 9.48 Å². The largest absolute Gasteiger partial charge is 0.311 e.